The van der Waals surface area contributed by atoms with Crippen molar-refractivity contribution in [3.63, 3.8) is 0 Å². The zero-order valence-electron chi connectivity index (χ0n) is 7.92. The first-order chi connectivity index (χ1) is 5.72. The number of thioether (sulfide) groups is 1. The SMILES string of the molecule is CC1CCCC(SC(C)C#N)C1. The number of hydrogen-bond donors (Lipinski definition) is 0. The van der Waals surface area contributed by atoms with Gasteiger partial charge < -0.3 is 0 Å². The fourth-order valence-corrected chi connectivity index (χ4v) is 3.20. The van der Waals surface area contributed by atoms with Crippen LogP contribution >= 0.6 is 11.8 Å². The van der Waals surface area contributed by atoms with Crippen LogP contribution in [0.3, 0.4) is 0 Å². The first kappa shape index (κ1) is 9.92. The van der Waals surface area contributed by atoms with Crippen LogP contribution in [0.15, 0.2) is 0 Å². The summed E-state index contributed by atoms with van der Waals surface area (Å²) in [5, 5.41) is 9.59. The van der Waals surface area contributed by atoms with Crippen molar-refractivity contribution in [3.8, 4) is 6.07 Å². The summed E-state index contributed by atoms with van der Waals surface area (Å²) in [6.45, 7) is 4.33. The fraction of sp³-hybridized carbons (Fsp3) is 0.900. The smallest absolute Gasteiger partial charge is 0.0891 e. The summed E-state index contributed by atoms with van der Waals surface area (Å²) < 4.78 is 0. The molecule has 0 heterocycles. The topological polar surface area (TPSA) is 23.8 Å². The second-order valence-corrected chi connectivity index (χ2v) is 5.45. The summed E-state index contributed by atoms with van der Waals surface area (Å²) in [5.74, 6) is 0.877. The van der Waals surface area contributed by atoms with Crippen LogP contribution in [-0.4, -0.2) is 10.5 Å². The van der Waals surface area contributed by atoms with E-state index in [-0.39, 0.29) is 5.25 Å². The standard InChI is InChI=1S/C10H17NS/c1-8-4-3-5-10(6-8)12-9(2)7-11/h8-10H,3-6H2,1-2H3. The molecule has 68 valence electrons. The van der Waals surface area contributed by atoms with Crippen molar-refractivity contribution in [2.24, 2.45) is 5.92 Å². The second-order valence-electron chi connectivity index (χ2n) is 3.80. The van der Waals surface area contributed by atoms with Crippen LogP contribution in [0.25, 0.3) is 0 Å². The molecule has 12 heavy (non-hydrogen) atoms. The van der Waals surface area contributed by atoms with E-state index < -0.39 is 0 Å². The molecule has 0 aromatic carbocycles. The third-order valence-electron chi connectivity index (χ3n) is 2.47. The van der Waals surface area contributed by atoms with Crippen LogP contribution in [0.2, 0.25) is 0 Å². The molecule has 0 radical (unpaired) electrons. The van der Waals surface area contributed by atoms with Crippen molar-refractivity contribution in [1.29, 1.82) is 5.26 Å². The predicted octanol–water partition coefficient (Wildman–Crippen LogP) is 3.21. The van der Waals surface area contributed by atoms with Gasteiger partial charge in [-0.3, -0.25) is 0 Å². The Morgan fingerprint density at radius 3 is 2.83 bits per heavy atom. The maximum Gasteiger partial charge on any atom is 0.0891 e. The monoisotopic (exact) mass is 183 g/mol. The van der Waals surface area contributed by atoms with Gasteiger partial charge in [-0.05, 0) is 25.7 Å². The lowest BCUT2D eigenvalue weighted by atomic mass is 9.91. The third kappa shape index (κ3) is 3.06. The summed E-state index contributed by atoms with van der Waals surface area (Å²) in [4.78, 5) is 0. The number of rotatable bonds is 2. The van der Waals surface area contributed by atoms with Gasteiger partial charge in [-0.1, -0.05) is 19.8 Å². The molecule has 0 aliphatic heterocycles. The molecule has 0 saturated heterocycles. The van der Waals surface area contributed by atoms with Gasteiger partial charge in [0.2, 0.25) is 0 Å². The molecular weight excluding hydrogens is 166 g/mol. The lowest BCUT2D eigenvalue weighted by Crippen LogP contribution is -2.17. The molecular formula is C10H17NS. The molecule has 0 aromatic heterocycles. The number of nitriles is 1. The maximum atomic E-state index is 8.66. The van der Waals surface area contributed by atoms with Crippen LogP contribution < -0.4 is 0 Å². The van der Waals surface area contributed by atoms with Gasteiger partial charge >= 0.3 is 0 Å². The van der Waals surface area contributed by atoms with E-state index in [1.807, 2.05) is 18.7 Å². The predicted molar refractivity (Wildman–Crippen MR) is 54.1 cm³/mol. The van der Waals surface area contributed by atoms with E-state index in [1.54, 1.807) is 0 Å². The Morgan fingerprint density at radius 1 is 1.50 bits per heavy atom. The van der Waals surface area contributed by atoms with Crippen LogP contribution in [0.1, 0.15) is 39.5 Å². The molecule has 1 aliphatic carbocycles. The van der Waals surface area contributed by atoms with Crippen molar-refractivity contribution in [2.75, 3.05) is 0 Å². The van der Waals surface area contributed by atoms with Crippen molar-refractivity contribution < 1.29 is 0 Å². The Bertz CT molecular complexity index is 173. The van der Waals surface area contributed by atoms with Gasteiger partial charge in [-0.2, -0.15) is 5.26 Å². The highest BCUT2D eigenvalue weighted by Gasteiger charge is 2.20. The van der Waals surface area contributed by atoms with Crippen LogP contribution in [0, 0.1) is 17.2 Å². The molecule has 0 amide bonds. The van der Waals surface area contributed by atoms with Gasteiger partial charge in [0.05, 0.1) is 11.3 Å². The van der Waals surface area contributed by atoms with Gasteiger partial charge in [0.15, 0.2) is 0 Å². The summed E-state index contributed by atoms with van der Waals surface area (Å²) in [5.41, 5.74) is 0. The number of nitrogens with zero attached hydrogens (tertiary/aromatic N) is 1. The van der Waals surface area contributed by atoms with Gasteiger partial charge in [-0.15, -0.1) is 11.8 Å². The largest absolute Gasteiger partial charge is 0.197 e. The number of hydrogen-bond acceptors (Lipinski definition) is 2. The van der Waals surface area contributed by atoms with E-state index in [0.717, 1.165) is 11.2 Å². The van der Waals surface area contributed by atoms with Gasteiger partial charge in [0.25, 0.3) is 0 Å². The molecule has 1 saturated carbocycles. The van der Waals surface area contributed by atoms with Gasteiger partial charge in [0.1, 0.15) is 0 Å². The Hall–Kier alpha value is -0.160. The molecule has 0 spiro atoms. The Kier molecular flexibility index (Phi) is 3.94. The van der Waals surface area contributed by atoms with Crippen molar-refractivity contribution in [3.05, 3.63) is 0 Å². The van der Waals surface area contributed by atoms with E-state index >= 15 is 0 Å². The van der Waals surface area contributed by atoms with Crippen LogP contribution in [-0.2, 0) is 0 Å². The highest BCUT2D eigenvalue weighted by atomic mass is 32.2. The molecule has 1 nitrogen and oxygen atoms in total. The molecule has 1 aliphatic rings. The van der Waals surface area contributed by atoms with Crippen molar-refractivity contribution in [1.82, 2.24) is 0 Å². The summed E-state index contributed by atoms with van der Waals surface area (Å²) in [7, 11) is 0. The first-order valence-electron chi connectivity index (χ1n) is 4.77. The lowest BCUT2D eigenvalue weighted by Gasteiger charge is -2.26. The van der Waals surface area contributed by atoms with Gasteiger partial charge in [0, 0.05) is 5.25 Å². The normalized spacial score (nSPS) is 32.4. The third-order valence-corrected chi connectivity index (χ3v) is 3.79. The molecule has 0 N–H and O–H groups in total. The molecule has 1 rings (SSSR count). The summed E-state index contributed by atoms with van der Waals surface area (Å²) in [6, 6.07) is 2.29. The first-order valence-corrected chi connectivity index (χ1v) is 5.71. The van der Waals surface area contributed by atoms with Crippen LogP contribution in [0.4, 0.5) is 0 Å². The quantitative estimate of drug-likeness (QED) is 0.656. The van der Waals surface area contributed by atoms with Crippen molar-refractivity contribution >= 4 is 11.8 Å². The minimum atomic E-state index is 0.181. The maximum absolute atomic E-state index is 8.66. The Labute approximate surface area is 79.5 Å². The molecule has 0 aromatic rings. The Balaban J connectivity index is 2.28. The average molecular weight is 183 g/mol. The van der Waals surface area contributed by atoms with E-state index in [2.05, 4.69) is 13.0 Å². The average Bonchev–Trinajstić information content (AvgIpc) is 2.04. The molecule has 3 atom stereocenters. The van der Waals surface area contributed by atoms with E-state index in [0.29, 0.717) is 0 Å². The molecule has 0 bridgehead atoms. The van der Waals surface area contributed by atoms with Crippen molar-refractivity contribution in [2.45, 2.75) is 50.0 Å². The van der Waals surface area contributed by atoms with Gasteiger partial charge in [-0.25, -0.2) is 0 Å². The molecule has 1 fully saturated rings. The second kappa shape index (κ2) is 4.77. The lowest BCUT2D eigenvalue weighted by molar-refractivity contribution is 0.394. The van der Waals surface area contributed by atoms with E-state index in [1.165, 1.54) is 25.7 Å². The Morgan fingerprint density at radius 2 is 2.25 bits per heavy atom. The van der Waals surface area contributed by atoms with Crippen LogP contribution in [0.5, 0.6) is 0 Å². The fourth-order valence-electron chi connectivity index (χ4n) is 1.82. The van der Waals surface area contributed by atoms with E-state index in [9.17, 15) is 0 Å². The van der Waals surface area contributed by atoms with E-state index in [4.69, 9.17) is 5.26 Å². The summed E-state index contributed by atoms with van der Waals surface area (Å²) >= 11 is 1.86. The summed E-state index contributed by atoms with van der Waals surface area (Å²) in [6.07, 6.45) is 5.38. The minimum absolute atomic E-state index is 0.181. The zero-order valence-corrected chi connectivity index (χ0v) is 8.73. The highest BCUT2D eigenvalue weighted by Crippen LogP contribution is 2.33. The zero-order chi connectivity index (χ0) is 8.97. The molecule has 3 unspecified atom stereocenters. The minimum Gasteiger partial charge on any atom is -0.197 e. The molecule has 2 heteroatoms. The highest BCUT2D eigenvalue weighted by molar-refractivity contribution is 8.00.